The molecule has 0 radical (unpaired) electrons. The van der Waals surface area contributed by atoms with E-state index in [-0.39, 0.29) is 0 Å². The lowest BCUT2D eigenvalue weighted by atomic mass is 9.93. The lowest BCUT2D eigenvalue weighted by Crippen LogP contribution is -1.90. The Morgan fingerprint density at radius 1 is 0.560 bits per heavy atom. The molecule has 3 heteroatoms. The topological polar surface area (TPSA) is 0 Å². The molecular weight excluding hydrogens is 357 g/mol. The van der Waals surface area contributed by atoms with Crippen molar-refractivity contribution in [2.75, 3.05) is 0 Å². The summed E-state index contributed by atoms with van der Waals surface area (Å²) < 4.78 is 0. The third kappa shape index (κ3) is 4.38. The van der Waals surface area contributed by atoms with E-state index in [0.717, 1.165) is 18.5 Å². The Labute approximate surface area is 158 Å². The van der Waals surface area contributed by atoms with Crippen LogP contribution < -0.4 is 0 Å². The molecule has 3 rings (SSSR count). The van der Waals surface area contributed by atoms with E-state index in [1.165, 1.54) is 44.5 Å². The maximum absolute atomic E-state index is 2.83. The van der Waals surface area contributed by atoms with Crippen LogP contribution in [-0.4, -0.2) is 0 Å². The summed E-state index contributed by atoms with van der Waals surface area (Å²) >= 11 is 0. The second-order valence-electron chi connectivity index (χ2n) is 6.38. The van der Waals surface area contributed by atoms with Gasteiger partial charge in [-0.3, -0.25) is 0 Å². The fraction of sp³-hybridized carbons (Fsp3) is 0.182. The van der Waals surface area contributed by atoms with Crippen molar-refractivity contribution in [3.8, 4) is 22.3 Å². The van der Waals surface area contributed by atoms with Crippen LogP contribution in [-0.2, 0) is 18.5 Å². The van der Waals surface area contributed by atoms with Gasteiger partial charge in [0.2, 0.25) is 0 Å². The van der Waals surface area contributed by atoms with E-state index in [1.54, 1.807) is 0 Å². The minimum absolute atomic E-state index is 0.987. The molecule has 0 saturated carbocycles. The van der Waals surface area contributed by atoms with E-state index in [4.69, 9.17) is 0 Å². The van der Waals surface area contributed by atoms with Gasteiger partial charge in [0.05, 0.1) is 0 Å². The van der Waals surface area contributed by atoms with Gasteiger partial charge in [-0.25, -0.2) is 0 Å². The van der Waals surface area contributed by atoms with Gasteiger partial charge in [-0.1, -0.05) is 54.6 Å². The third-order valence-corrected chi connectivity index (χ3v) is 6.01. The highest BCUT2D eigenvalue weighted by Gasteiger charge is 2.07. The molecule has 0 heterocycles. The first-order valence-electron chi connectivity index (χ1n) is 8.58. The smallest absolute Gasteiger partial charge is 0.0128 e. The molecule has 0 fully saturated rings. The minimum Gasteiger partial charge on any atom is -0.133 e. The van der Waals surface area contributed by atoms with Crippen LogP contribution in [0.15, 0.2) is 60.7 Å². The lowest BCUT2D eigenvalue weighted by molar-refractivity contribution is 1.33. The summed E-state index contributed by atoms with van der Waals surface area (Å²) in [4.78, 5) is 0. The quantitative estimate of drug-likeness (QED) is 0.445. The van der Waals surface area contributed by atoms with E-state index in [1.807, 2.05) is 0 Å². The fourth-order valence-electron chi connectivity index (χ4n) is 3.10. The zero-order valence-electron chi connectivity index (χ0n) is 14.6. The van der Waals surface area contributed by atoms with Crippen LogP contribution in [0.25, 0.3) is 22.3 Å². The Hall–Kier alpha value is -1.05. The molecular formula is C22H25P3. The maximum atomic E-state index is 2.83. The second kappa shape index (κ2) is 8.56. The molecule has 3 atom stereocenters. The summed E-state index contributed by atoms with van der Waals surface area (Å²) in [5, 5.41) is 0. The summed E-state index contributed by atoms with van der Waals surface area (Å²) in [6.45, 7) is 2.19. The molecule has 0 aliphatic rings. The first-order valence-corrected chi connectivity index (χ1v) is 11.0. The first kappa shape index (κ1) is 18.7. The fourth-order valence-corrected chi connectivity index (χ4v) is 3.84. The van der Waals surface area contributed by atoms with Crippen molar-refractivity contribution in [2.45, 2.75) is 25.4 Å². The number of hydrogen-bond acceptors (Lipinski definition) is 0. The van der Waals surface area contributed by atoms with Crippen LogP contribution in [0.4, 0.5) is 0 Å². The van der Waals surface area contributed by atoms with Gasteiger partial charge in [-0.2, -0.15) is 0 Å². The zero-order valence-corrected chi connectivity index (χ0v) is 18.1. The highest BCUT2D eigenvalue weighted by molar-refractivity contribution is 7.15. The van der Waals surface area contributed by atoms with Gasteiger partial charge in [0, 0.05) is 0 Å². The average molecular weight is 382 g/mol. The molecule has 0 nitrogen and oxygen atoms in total. The standard InChI is InChI=1S/C22H25P3/c1-15-2-5-20(21-9-17(13-24)8-18(10-21)14-25)11-22(15)19-6-3-16(12-23)4-7-19/h2-11H,12-14,23-25H2,1H3. The van der Waals surface area contributed by atoms with Crippen LogP contribution in [0.3, 0.4) is 0 Å². The van der Waals surface area contributed by atoms with Gasteiger partial charge in [-0.05, 0) is 76.0 Å². The molecule has 3 aromatic carbocycles. The SMILES string of the molecule is Cc1ccc(-c2cc(CP)cc(CP)c2)cc1-c1ccc(CP)cc1. The van der Waals surface area contributed by atoms with Gasteiger partial charge < -0.3 is 0 Å². The average Bonchev–Trinajstić information content (AvgIpc) is 2.68. The van der Waals surface area contributed by atoms with Crippen LogP contribution in [0.1, 0.15) is 22.3 Å². The Kier molecular flexibility index (Phi) is 6.41. The van der Waals surface area contributed by atoms with Gasteiger partial charge >= 0.3 is 0 Å². The van der Waals surface area contributed by atoms with Crippen LogP contribution in [0.2, 0.25) is 0 Å². The van der Waals surface area contributed by atoms with Crippen molar-refractivity contribution in [2.24, 2.45) is 0 Å². The highest BCUT2D eigenvalue weighted by Crippen LogP contribution is 2.31. The maximum Gasteiger partial charge on any atom is -0.0128 e. The Morgan fingerprint density at radius 2 is 1.12 bits per heavy atom. The minimum atomic E-state index is 0.987. The van der Waals surface area contributed by atoms with E-state index in [0.29, 0.717) is 0 Å². The summed E-state index contributed by atoms with van der Waals surface area (Å²) in [5.41, 5.74) is 10.6. The lowest BCUT2D eigenvalue weighted by Gasteiger charge is -2.12. The van der Waals surface area contributed by atoms with E-state index >= 15 is 0 Å². The van der Waals surface area contributed by atoms with Crippen molar-refractivity contribution in [3.63, 3.8) is 0 Å². The van der Waals surface area contributed by atoms with Crippen molar-refractivity contribution in [3.05, 3.63) is 82.9 Å². The molecule has 0 amide bonds. The molecule has 3 unspecified atom stereocenters. The molecule has 128 valence electrons. The summed E-state index contributed by atoms with van der Waals surface area (Å²) in [5.74, 6) is 0. The van der Waals surface area contributed by atoms with E-state index in [2.05, 4.69) is 95.3 Å². The molecule has 0 bridgehead atoms. The normalized spacial score (nSPS) is 10.9. The summed E-state index contributed by atoms with van der Waals surface area (Å²) in [7, 11) is 8.45. The predicted octanol–water partition coefficient (Wildman–Crippen LogP) is 6.45. The molecule has 25 heavy (non-hydrogen) atoms. The first-order chi connectivity index (χ1) is 12.1. The Balaban J connectivity index is 2.07. The molecule has 0 saturated heterocycles. The summed E-state index contributed by atoms with van der Waals surface area (Å²) in [6.07, 6.45) is 2.97. The van der Waals surface area contributed by atoms with Crippen molar-refractivity contribution in [1.29, 1.82) is 0 Å². The molecule has 0 N–H and O–H groups in total. The Bertz CT molecular complexity index is 845. The van der Waals surface area contributed by atoms with E-state index < -0.39 is 0 Å². The highest BCUT2D eigenvalue weighted by atomic mass is 31.0. The van der Waals surface area contributed by atoms with Gasteiger partial charge in [0.15, 0.2) is 0 Å². The third-order valence-electron chi connectivity index (χ3n) is 4.60. The molecule has 0 aromatic heterocycles. The molecule has 3 aromatic rings. The van der Waals surface area contributed by atoms with Crippen LogP contribution in [0.5, 0.6) is 0 Å². The van der Waals surface area contributed by atoms with Crippen LogP contribution in [0, 0.1) is 6.92 Å². The van der Waals surface area contributed by atoms with Crippen molar-refractivity contribution in [1.82, 2.24) is 0 Å². The van der Waals surface area contributed by atoms with Crippen LogP contribution >= 0.6 is 27.7 Å². The van der Waals surface area contributed by atoms with Gasteiger partial charge in [-0.15, -0.1) is 27.7 Å². The predicted molar refractivity (Wildman–Crippen MR) is 122 cm³/mol. The van der Waals surface area contributed by atoms with Crippen molar-refractivity contribution >= 4 is 27.7 Å². The monoisotopic (exact) mass is 382 g/mol. The second-order valence-corrected chi connectivity index (χ2v) is 7.60. The number of benzene rings is 3. The number of rotatable bonds is 5. The summed E-state index contributed by atoms with van der Waals surface area (Å²) in [6, 6.07) is 22.6. The zero-order chi connectivity index (χ0) is 17.8. The van der Waals surface area contributed by atoms with Crippen molar-refractivity contribution < 1.29 is 0 Å². The number of hydrogen-bond donors (Lipinski definition) is 0. The molecule has 0 spiro atoms. The van der Waals surface area contributed by atoms with E-state index in [9.17, 15) is 0 Å². The van der Waals surface area contributed by atoms with Gasteiger partial charge in [0.25, 0.3) is 0 Å². The molecule has 0 aliphatic carbocycles. The number of aryl methyl sites for hydroxylation is 1. The van der Waals surface area contributed by atoms with Gasteiger partial charge in [0.1, 0.15) is 0 Å². The molecule has 0 aliphatic heterocycles. The Morgan fingerprint density at radius 3 is 1.68 bits per heavy atom. The largest absolute Gasteiger partial charge is 0.133 e.